The van der Waals surface area contributed by atoms with Crippen LogP contribution in [0.15, 0.2) is 35.0 Å². The summed E-state index contributed by atoms with van der Waals surface area (Å²) in [5.74, 6) is -0.237. The standard InChI is InChI=1S/C17H19ClN2O2/c1-11-5-7-13(8-6-11)20-16(21)14(18)15(17(20)22)19-9-3-4-12(2)10-19/h5-8,12H,3-4,9-10H2,1-2H3/t12-/m1/s1. The third-order valence-corrected chi connectivity index (χ3v) is 4.61. The Labute approximate surface area is 135 Å². The molecule has 2 amide bonds. The first-order valence-corrected chi connectivity index (χ1v) is 7.97. The molecular weight excluding hydrogens is 300 g/mol. The molecule has 3 rings (SSSR count). The van der Waals surface area contributed by atoms with Crippen LogP contribution in [0.1, 0.15) is 25.3 Å². The molecule has 1 fully saturated rings. The summed E-state index contributed by atoms with van der Waals surface area (Å²) in [6, 6.07) is 7.31. The molecule has 0 aromatic heterocycles. The van der Waals surface area contributed by atoms with Gasteiger partial charge in [-0.05, 0) is 37.8 Å². The first-order chi connectivity index (χ1) is 10.5. The monoisotopic (exact) mass is 318 g/mol. The first-order valence-electron chi connectivity index (χ1n) is 7.59. The van der Waals surface area contributed by atoms with Gasteiger partial charge in [-0.15, -0.1) is 0 Å². The highest BCUT2D eigenvalue weighted by Crippen LogP contribution is 2.33. The molecule has 22 heavy (non-hydrogen) atoms. The number of carbonyl (C=O) groups is 2. The predicted molar refractivity (Wildman–Crippen MR) is 86.5 cm³/mol. The van der Waals surface area contributed by atoms with Crippen LogP contribution in [0.5, 0.6) is 0 Å². The number of piperidine rings is 1. The van der Waals surface area contributed by atoms with Crippen molar-refractivity contribution < 1.29 is 9.59 Å². The van der Waals surface area contributed by atoms with Crippen LogP contribution in [0, 0.1) is 12.8 Å². The van der Waals surface area contributed by atoms with E-state index in [1.165, 1.54) is 4.90 Å². The summed E-state index contributed by atoms with van der Waals surface area (Å²) in [4.78, 5) is 28.3. The molecule has 0 saturated carbocycles. The van der Waals surface area contributed by atoms with Crippen LogP contribution < -0.4 is 4.90 Å². The predicted octanol–water partition coefficient (Wildman–Crippen LogP) is 3.05. The molecular formula is C17H19ClN2O2. The van der Waals surface area contributed by atoms with Crippen molar-refractivity contribution in [1.82, 2.24) is 4.90 Å². The molecule has 1 aromatic rings. The molecule has 0 radical (unpaired) electrons. The third-order valence-electron chi connectivity index (χ3n) is 4.27. The van der Waals surface area contributed by atoms with Crippen molar-refractivity contribution in [3.8, 4) is 0 Å². The average molecular weight is 319 g/mol. The van der Waals surface area contributed by atoms with E-state index >= 15 is 0 Å². The number of aryl methyl sites for hydroxylation is 1. The second-order valence-electron chi connectivity index (χ2n) is 6.14. The number of rotatable bonds is 2. The molecule has 1 atom stereocenters. The maximum atomic E-state index is 12.7. The van der Waals surface area contributed by atoms with E-state index in [-0.39, 0.29) is 10.9 Å². The van der Waals surface area contributed by atoms with Gasteiger partial charge in [0, 0.05) is 13.1 Å². The lowest BCUT2D eigenvalue weighted by atomic mass is 10.00. The number of carbonyl (C=O) groups excluding carboxylic acids is 2. The highest BCUT2D eigenvalue weighted by Gasteiger charge is 2.41. The Morgan fingerprint density at radius 2 is 1.82 bits per heavy atom. The van der Waals surface area contributed by atoms with Crippen molar-refractivity contribution in [3.05, 3.63) is 40.6 Å². The lowest BCUT2D eigenvalue weighted by molar-refractivity contribution is -0.121. The fourth-order valence-corrected chi connectivity index (χ4v) is 3.37. The van der Waals surface area contributed by atoms with E-state index in [0.29, 0.717) is 17.3 Å². The second-order valence-corrected chi connectivity index (χ2v) is 6.52. The van der Waals surface area contributed by atoms with Crippen LogP contribution in [-0.2, 0) is 9.59 Å². The molecule has 5 heteroatoms. The number of halogens is 1. The number of nitrogens with zero attached hydrogens (tertiary/aromatic N) is 2. The molecule has 0 aliphatic carbocycles. The molecule has 0 unspecified atom stereocenters. The molecule has 4 nitrogen and oxygen atoms in total. The second kappa shape index (κ2) is 5.76. The lowest BCUT2D eigenvalue weighted by Crippen LogP contribution is -2.39. The number of likely N-dealkylation sites (tertiary alicyclic amines) is 1. The molecule has 2 heterocycles. The molecule has 0 bridgehead atoms. The smallest absolute Gasteiger partial charge is 0.283 e. The van der Waals surface area contributed by atoms with E-state index in [0.717, 1.165) is 31.5 Å². The summed E-state index contributed by atoms with van der Waals surface area (Å²) in [5, 5.41) is 0.0414. The number of benzene rings is 1. The fraction of sp³-hybridized carbons (Fsp3) is 0.412. The summed E-state index contributed by atoms with van der Waals surface area (Å²) >= 11 is 6.21. The van der Waals surface area contributed by atoms with E-state index < -0.39 is 5.91 Å². The minimum Gasteiger partial charge on any atom is -0.365 e. The van der Waals surface area contributed by atoms with Crippen molar-refractivity contribution in [2.45, 2.75) is 26.7 Å². The van der Waals surface area contributed by atoms with Gasteiger partial charge in [-0.2, -0.15) is 0 Å². The van der Waals surface area contributed by atoms with E-state index in [2.05, 4.69) is 6.92 Å². The van der Waals surface area contributed by atoms with Gasteiger partial charge in [0.25, 0.3) is 11.8 Å². The van der Waals surface area contributed by atoms with E-state index in [1.807, 2.05) is 24.0 Å². The summed E-state index contributed by atoms with van der Waals surface area (Å²) in [7, 11) is 0. The van der Waals surface area contributed by atoms with Crippen LogP contribution >= 0.6 is 11.6 Å². The molecule has 116 valence electrons. The maximum Gasteiger partial charge on any atom is 0.283 e. The number of imide groups is 1. The van der Waals surface area contributed by atoms with Gasteiger partial charge in [0.1, 0.15) is 10.7 Å². The molecule has 2 aliphatic rings. The van der Waals surface area contributed by atoms with Gasteiger partial charge in [-0.25, -0.2) is 4.90 Å². The van der Waals surface area contributed by atoms with Crippen molar-refractivity contribution in [2.24, 2.45) is 5.92 Å². The number of hydrogen-bond donors (Lipinski definition) is 0. The minimum atomic E-state index is -0.427. The Bertz CT molecular complexity index is 651. The zero-order valence-electron chi connectivity index (χ0n) is 12.8. The summed E-state index contributed by atoms with van der Waals surface area (Å²) in [6.45, 7) is 5.66. The summed E-state index contributed by atoms with van der Waals surface area (Å²) < 4.78 is 0. The van der Waals surface area contributed by atoms with Gasteiger partial charge in [0.05, 0.1) is 5.69 Å². The molecule has 1 aromatic carbocycles. The SMILES string of the molecule is Cc1ccc(N2C(=O)C(Cl)=C(N3CCC[C@@H](C)C3)C2=O)cc1. The maximum absolute atomic E-state index is 12.7. The molecule has 0 spiro atoms. The van der Waals surface area contributed by atoms with Gasteiger partial charge in [-0.3, -0.25) is 9.59 Å². The van der Waals surface area contributed by atoms with Crippen molar-refractivity contribution in [2.75, 3.05) is 18.0 Å². The Kier molecular flexibility index (Phi) is 3.96. The zero-order chi connectivity index (χ0) is 15.9. The number of anilines is 1. The Morgan fingerprint density at radius 3 is 2.45 bits per heavy atom. The van der Waals surface area contributed by atoms with Gasteiger partial charge < -0.3 is 4.90 Å². The topological polar surface area (TPSA) is 40.6 Å². The third kappa shape index (κ3) is 2.52. The van der Waals surface area contributed by atoms with Crippen molar-refractivity contribution in [1.29, 1.82) is 0 Å². The Morgan fingerprint density at radius 1 is 1.14 bits per heavy atom. The molecule has 0 N–H and O–H groups in total. The van der Waals surface area contributed by atoms with Crippen molar-refractivity contribution >= 4 is 29.1 Å². The highest BCUT2D eigenvalue weighted by atomic mass is 35.5. The summed E-state index contributed by atoms with van der Waals surface area (Å²) in [6.07, 6.45) is 2.16. The number of amides is 2. The van der Waals surface area contributed by atoms with Crippen molar-refractivity contribution in [3.63, 3.8) is 0 Å². The van der Waals surface area contributed by atoms with Crippen LogP contribution in [0.3, 0.4) is 0 Å². The Balaban J connectivity index is 1.91. The minimum absolute atomic E-state index is 0.0414. The Hall–Kier alpha value is -1.81. The molecule has 2 aliphatic heterocycles. The van der Waals surface area contributed by atoms with Crippen LogP contribution in [0.4, 0.5) is 5.69 Å². The van der Waals surface area contributed by atoms with E-state index in [9.17, 15) is 9.59 Å². The largest absolute Gasteiger partial charge is 0.365 e. The summed E-state index contributed by atoms with van der Waals surface area (Å²) in [5.41, 5.74) is 2.00. The van der Waals surface area contributed by atoms with Gasteiger partial charge >= 0.3 is 0 Å². The van der Waals surface area contributed by atoms with Gasteiger partial charge in [0.15, 0.2) is 0 Å². The first kappa shape index (κ1) is 15.1. The zero-order valence-corrected chi connectivity index (χ0v) is 13.6. The lowest BCUT2D eigenvalue weighted by Gasteiger charge is -2.33. The van der Waals surface area contributed by atoms with E-state index in [4.69, 9.17) is 11.6 Å². The fourth-order valence-electron chi connectivity index (χ4n) is 3.09. The quantitative estimate of drug-likeness (QED) is 0.787. The highest BCUT2D eigenvalue weighted by molar-refractivity contribution is 6.52. The van der Waals surface area contributed by atoms with Gasteiger partial charge in [-0.1, -0.05) is 36.2 Å². The van der Waals surface area contributed by atoms with Crippen LogP contribution in [-0.4, -0.2) is 29.8 Å². The van der Waals surface area contributed by atoms with Crippen LogP contribution in [0.2, 0.25) is 0 Å². The average Bonchev–Trinajstić information content (AvgIpc) is 2.71. The number of hydrogen-bond acceptors (Lipinski definition) is 3. The van der Waals surface area contributed by atoms with E-state index in [1.54, 1.807) is 12.1 Å². The van der Waals surface area contributed by atoms with Crippen LogP contribution in [0.25, 0.3) is 0 Å². The molecule has 1 saturated heterocycles. The van der Waals surface area contributed by atoms with Gasteiger partial charge in [0.2, 0.25) is 0 Å². The normalized spacial score (nSPS) is 22.8.